The molecular weight excluding hydrogens is 284 g/mol. The van der Waals surface area contributed by atoms with Crippen molar-refractivity contribution in [3.05, 3.63) is 40.4 Å². The maximum absolute atomic E-state index is 12.5. The quantitative estimate of drug-likeness (QED) is 0.846. The van der Waals surface area contributed by atoms with Crippen LogP contribution >= 0.6 is 11.6 Å². The second-order valence-electron chi connectivity index (χ2n) is 5.38. The number of hydrogen-bond donors (Lipinski definition) is 2. The summed E-state index contributed by atoms with van der Waals surface area (Å²) >= 11 is 5.96. The highest BCUT2D eigenvalue weighted by molar-refractivity contribution is 6.30. The Bertz CT molecular complexity index is 544. The molecule has 0 atom stereocenters. The lowest BCUT2D eigenvalue weighted by atomic mass is 9.83. The maximum atomic E-state index is 12.5. The minimum Gasteiger partial charge on any atom is -0.343 e. The van der Waals surface area contributed by atoms with Crippen LogP contribution in [0.3, 0.4) is 0 Å². The molecule has 1 heterocycles. The first-order valence-corrected chi connectivity index (χ1v) is 7.98. The van der Waals surface area contributed by atoms with E-state index < -0.39 is 0 Å². The molecule has 2 N–H and O–H groups in total. The molecule has 1 amide bonds. The average molecular weight is 307 g/mol. The average Bonchev–Trinajstić information content (AvgIpc) is 2.78. The van der Waals surface area contributed by atoms with Gasteiger partial charge in [0, 0.05) is 17.1 Å². The van der Waals surface area contributed by atoms with Crippen molar-refractivity contribution in [2.45, 2.75) is 39.2 Å². The molecule has 4 heteroatoms. The lowest BCUT2D eigenvalue weighted by Gasteiger charge is -2.30. The first-order valence-electron chi connectivity index (χ1n) is 7.60. The Labute approximate surface area is 131 Å². The Morgan fingerprint density at radius 3 is 2.29 bits per heavy atom. The van der Waals surface area contributed by atoms with E-state index in [1.165, 1.54) is 5.57 Å². The summed E-state index contributed by atoms with van der Waals surface area (Å²) in [6.07, 6.45) is 1.79. The third-order valence-corrected chi connectivity index (χ3v) is 4.60. The minimum atomic E-state index is -0.228. The molecule has 0 unspecified atom stereocenters. The van der Waals surface area contributed by atoms with Gasteiger partial charge in [-0.25, -0.2) is 0 Å². The third kappa shape index (κ3) is 2.99. The van der Waals surface area contributed by atoms with Crippen LogP contribution in [0.15, 0.2) is 29.8 Å². The number of hydrogen-bond acceptors (Lipinski definition) is 2. The first-order chi connectivity index (χ1) is 10.1. The first kappa shape index (κ1) is 16.1. The van der Waals surface area contributed by atoms with Gasteiger partial charge >= 0.3 is 0 Å². The van der Waals surface area contributed by atoms with Crippen molar-refractivity contribution in [1.82, 2.24) is 10.6 Å². The van der Waals surface area contributed by atoms with Crippen LogP contribution in [0.25, 0.3) is 5.57 Å². The molecule has 21 heavy (non-hydrogen) atoms. The molecule has 0 aliphatic carbocycles. The largest absolute Gasteiger partial charge is 0.343 e. The van der Waals surface area contributed by atoms with Gasteiger partial charge in [0.05, 0.1) is 5.54 Å². The number of rotatable bonds is 6. The zero-order valence-electron chi connectivity index (χ0n) is 12.9. The number of carbonyl (C=O) groups is 1. The Morgan fingerprint density at radius 1 is 1.14 bits per heavy atom. The molecule has 0 bridgehead atoms. The zero-order chi connectivity index (χ0) is 15.5. The lowest BCUT2D eigenvalue weighted by molar-refractivity contribution is -0.116. The third-order valence-electron chi connectivity index (χ3n) is 4.35. The number of halogens is 1. The van der Waals surface area contributed by atoms with Crippen LogP contribution in [0, 0.1) is 0 Å². The maximum Gasteiger partial charge on any atom is 0.252 e. The molecular formula is C17H23ClN2O. The van der Waals surface area contributed by atoms with E-state index in [1.807, 2.05) is 24.3 Å². The van der Waals surface area contributed by atoms with Crippen molar-refractivity contribution >= 4 is 23.1 Å². The van der Waals surface area contributed by atoms with Crippen LogP contribution in [0.4, 0.5) is 0 Å². The standard InChI is InChI=1S/C17H23ClN2O/c1-4-17(5-2)14(11-19-6-3)15(16(21)20-17)12-7-9-13(18)10-8-12/h7-10,19H,4-6,11H2,1-3H3,(H,20,21). The summed E-state index contributed by atoms with van der Waals surface area (Å²) in [6.45, 7) is 7.94. The van der Waals surface area contributed by atoms with E-state index in [-0.39, 0.29) is 11.4 Å². The highest BCUT2D eigenvalue weighted by Gasteiger charge is 2.42. The lowest BCUT2D eigenvalue weighted by Crippen LogP contribution is -2.45. The van der Waals surface area contributed by atoms with E-state index in [0.717, 1.165) is 37.1 Å². The van der Waals surface area contributed by atoms with Crippen LogP contribution in [0.5, 0.6) is 0 Å². The van der Waals surface area contributed by atoms with Gasteiger partial charge in [0.25, 0.3) is 5.91 Å². The number of carbonyl (C=O) groups excluding carboxylic acids is 1. The van der Waals surface area contributed by atoms with Gasteiger partial charge in [-0.2, -0.15) is 0 Å². The minimum absolute atomic E-state index is 0.0222. The van der Waals surface area contributed by atoms with Gasteiger partial charge in [0.2, 0.25) is 0 Å². The van der Waals surface area contributed by atoms with Crippen LogP contribution in [0.1, 0.15) is 39.2 Å². The number of benzene rings is 1. The van der Waals surface area contributed by atoms with Crippen molar-refractivity contribution < 1.29 is 4.79 Å². The van der Waals surface area contributed by atoms with Gasteiger partial charge in [-0.15, -0.1) is 0 Å². The number of nitrogens with one attached hydrogen (secondary N) is 2. The van der Waals surface area contributed by atoms with Crippen LogP contribution in [-0.2, 0) is 4.79 Å². The number of likely N-dealkylation sites (N-methyl/N-ethyl adjacent to an activating group) is 1. The smallest absolute Gasteiger partial charge is 0.252 e. The predicted octanol–water partition coefficient (Wildman–Crippen LogP) is 3.39. The zero-order valence-corrected chi connectivity index (χ0v) is 13.7. The molecule has 0 fully saturated rings. The van der Waals surface area contributed by atoms with Gasteiger partial charge in [0.15, 0.2) is 0 Å². The van der Waals surface area contributed by atoms with Gasteiger partial charge in [0.1, 0.15) is 0 Å². The van der Waals surface area contributed by atoms with Gasteiger partial charge < -0.3 is 10.6 Å². The van der Waals surface area contributed by atoms with E-state index in [4.69, 9.17) is 11.6 Å². The fourth-order valence-corrected chi connectivity index (χ4v) is 3.14. The topological polar surface area (TPSA) is 41.1 Å². The molecule has 0 saturated carbocycles. The Balaban J connectivity index is 2.53. The van der Waals surface area contributed by atoms with E-state index in [9.17, 15) is 4.79 Å². The van der Waals surface area contributed by atoms with Crippen molar-refractivity contribution in [2.24, 2.45) is 0 Å². The Kier molecular flexibility index (Phi) is 5.07. The molecule has 114 valence electrons. The van der Waals surface area contributed by atoms with E-state index in [0.29, 0.717) is 5.02 Å². The second kappa shape index (κ2) is 6.63. The summed E-state index contributed by atoms with van der Waals surface area (Å²) in [5.41, 5.74) is 2.68. The molecule has 2 rings (SSSR count). The monoisotopic (exact) mass is 306 g/mol. The van der Waals surface area contributed by atoms with Crippen molar-refractivity contribution in [3.63, 3.8) is 0 Å². The van der Waals surface area contributed by atoms with Crippen LogP contribution in [0.2, 0.25) is 5.02 Å². The number of amides is 1. The molecule has 1 aliphatic rings. The van der Waals surface area contributed by atoms with Crippen molar-refractivity contribution in [3.8, 4) is 0 Å². The van der Waals surface area contributed by atoms with Gasteiger partial charge in [-0.3, -0.25) is 4.79 Å². The molecule has 1 aromatic rings. The molecule has 0 aromatic heterocycles. The molecule has 0 spiro atoms. The fraction of sp³-hybridized carbons (Fsp3) is 0.471. The highest BCUT2D eigenvalue weighted by atomic mass is 35.5. The Hall–Kier alpha value is -1.32. The molecule has 1 aliphatic heterocycles. The summed E-state index contributed by atoms with van der Waals surface area (Å²) in [7, 11) is 0. The van der Waals surface area contributed by atoms with Crippen LogP contribution < -0.4 is 10.6 Å². The van der Waals surface area contributed by atoms with E-state index in [1.54, 1.807) is 0 Å². The molecule has 0 saturated heterocycles. The predicted molar refractivity (Wildman–Crippen MR) is 88.4 cm³/mol. The highest BCUT2D eigenvalue weighted by Crippen LogP contribution is 2.37. The van der Waals surface area contributed by atoms with Crippen LogP contribution in [-0.4, -0.2) is 24.5 Å². The van der Waals surface area contributed by atoms with Crippen molar-refractivity contribution in [2.75, 3.05) is 13.1 Å². The fourth-order valence-electron chi connectivity index (χ4n) is 3.01. The summed E-state index contributed by atoms with van der Waals surface area (Å²) in [5.74, 6) is 0.0222. The van der Waals surface area contributed by atoms with Crippen molar-refractivity contribution in [1.29, 1.82) is 0 Å². The second-order valence-corrected chi connectivity index (χ2v) is 5.82. The summed E-state index contributed by atoms with van der Waals surface area (Å²) in [6, 6.07) is 7.51. The SMILES string of the molecule is CCNCC1=C(c2ccc(Cl)cc2)C(=O)NC1(CC)CC. The molecule has 3 nitrogen and oxygen atoms in total. The normalized spacial score (nSPS) is 17.2. The Morgan fingerprint density at radius 2 is 1.76 bits per heavy atom. The molecule has 1 aromatic carbocycles. The van der Waals surface area contributed by atoms with Gasteiger partial charge in [-0.1, -0.05) is 44.5 Å². The molecule has 0 radical (unpaired) electrons. The van der Waals surface area contributed by atoms with Gasteiger partial charge in [-0.05, 0) is 42.7 Å². The van der Waals surface area contributed by atoms with E-state index in [2.05, 4.69) is 31.4 Å². The summed E-state index contributed by atoms with van der Waals surface area (Å²) in [5, 5.41) is 7.26. The summed E-state index contributed by atoms with van der Waals surface area (Å²) < 4.78 is 0. The van der Waals surface area contributed by atoms with E-state index >= 15 is 0 Å². The summed E-state index contributed by atoms with van der Waals surface area (Å²) in [4.78, 5) is 12.5.